The van der Waals surface area contributed by atoms with Gasteiger partial charge in [0.25, 0.3) is 0 Å². The molecule has 0 aliphatic rings. The summed E-state index contributed by atoms with van der Waals surface area (Å²) in [7, 11) is -1.73. The Morgan fingerprint density at radius 3 is 2.54 bits per heavy atom. The first kappa shape index (κ1) is 10.6. The molecule has 1 unspecified atom stereocenters. The topological polar surface area (TPSA) is 26.3 Å². The average molecular weight is 218 g/mol. The van der Waals surface area contributed by atoms with Gasteiger partial charge in [-0.05, 0) is 19.1 Å². The zero-order valence-corrected chi connectivity index (χ0v) is 9.02. The van der Waals surface area contributed by atoms with E-state index in [0.29, 0.717) is 17.8 Å². The fourth-order valence-corrected chi connectivity index (χ4v) is 1.84. The van der Waals surface area contributed by atoms with Gasteiger partial charge < -0.3 is 0 Å². The van der Waals surface area contributed by atoms with Gasteiger partial charge in [-0.1, -0.05) is 17.7 Å². The molecule has 0 bridgehead atoms. The number of hydrogen-bond donors (Lipinski definition) is 0. The van der Waals surface area contributed by atoms with Crippen LogP contribution in [0, 0.1) is 6.92 Å². The fourth-order valence-electron chi connectivity index (χ4n) is 0.858. The van der Waals surface area contributed by atoms with Crippen LogP contribution >= 0.6 is 19.6 Å². The van der Waals surface area contributed by atoms with Gasteiger partial charge >= 0.3 is 0 Å². The summed E-state index contributed by atoms with van der Waals surface area (Å²) in [6.45, 7) is 2.31. The first-order valence-corrected chi connectivity index (χ1v) is 5.68. The SMILES string of the molecule is Cc1ccc([P](=O)OCCCl)cc1. The van der Waals surface area contributed by atoms with Gasteiger partial charge in [-0.25, -0.2) is 0 Å². The predicted octanol–water partition coefficient (Wildman–Crippen LogP) is 2.62. The highest BCUT2D eigenvalue weighted by Gasteiger charge is 2.03. The van der Waals surface area contributed by atoms with E-state index in [0.717, 1.165) is 5.56 Å². The lowest BCUT2D eigenvalue weighted by Crippen LogP contribution is -1.99. The molecular weight excluding hydrogens is 207 g/mol. The molecule has 0 saturated carbocycles. The van der Waals surface area contributed by atoms with Gasteiger partial charge in [0, 0.05) is 5.88 Å². The normalized spacial score (nSPS) is 11.4. The highest BCUT2D eigenvalue weighted by atomic mass is 35.5. The Kier molecular flexibility index (Phi) is 4.37. The Labute approximate surface area is 83.7 Å². The maximum Gasteiger partial charge on any atom is 0.246 e. The fraction of sp³-hybridized carbons (Fsp3) is 0.333. The Balaban J connectivity index is 2.61. The Hall–Kier alpha value is -0.430. The van der Waals surface area contributed by atoms with E-state index in [4.69, 9.17) is 16.1 Å². The molecule has 2 nitrogen and oxygen atoms in total. The van der Waals surface area contributed by atoms with Crippen LogP contribution in [0.4, 0.5) is 0 Å². The van der Waals surface area contributed by atoms with E-state index in [-0.39, 0.29) is 0 Å². The van der Waals surface area contributed by atoms with Crippen LogP contribution in [0.5, 0.6) is 0 Å². The number of benzene rings is 1. The van der Waals surface area contributed by atoms with Crippen molar-refractivity contribution in [3.63, 3.8) is 0 Å². The molecule has 1 aromatic rings. The molecule has 0 amide bonds. The van der Waals surface area contributed by atoms with Gasteiger partial charge in [0.1, 0.15) is 0 Å². The summed E-state index contributed by atoms with van der Waals surface area (Å²) in [5.41, 5.74) is 1.14. The third-order valence-electron chi connectivity index (χ3n) is 1.53. The van der Waals surface area contributed by atoms with Crippen LogP contribution in [-0.4, -0.2) is 12.5 Å². The molecule has 13 heavy (non-hydrogen) atoms. The monoisotopic (exact) mass is 217 g/mol. The number of rotatable bonds is 4. The third-order valence-corrected chi connectivity index (χ3v) is 2.82. The van der Waals surface area contributed by atoms with E-state index in [1.165, 1.54) is 0 Å². The molecule has 71 valence electrons. The van der Waals surface area contributed by atoms with E-state index in [9.17, 15) is 4.57 Å². The Bertz CT molecular complexity index is 284. The van der Waals surface area contributed by atoms with Crippen LogP contribution < -0.4 is 5.30 Å². The van der Waals surface area contributed by atoms with Crippen LogP contribution in [0.3, 0.4) is 0 Å². The molecule has 0 fully saturated rings. The van der Waals surface area contributed by atoms with Crippen molar-refractivity contribution in [2.75, 3.05) is 12.5 Å². The van der Waals surface area contributed by atoms with Crippen LogP contribution in [0.15, 0.2) is 24.3 Å². The minimum atomic E-state index is -1.73. The van der Waals surface area contributed by atoms with Gasteiger partial charge in [-0.2, -0.15) is 0 Å². The lowest BCUT2D eigenvalue weighted by molar-refractivity contribution is 0.359. The van der Waals surface area contributed by atoms with Crippen molar-refractivity contribution in [3.8, 4) is 0 Å². The van der Waals surface area contributed by atoms with E-state index >= 15 is 0 Å². The maximum absolute atomic E-state index is 11.4. The first-order chi connectivity index (χ1) is 6.24. The number of alkyl halides is 1. The highest BCUT2D eigenvalue weighted by Crippen LogP contribution is 2.21. The summed E-state index contributed by atoms with van der Waals surface area (Å²) in [6.07, 6.45) is 0. The van der Waals surface area contributed by atoms with Crippen molar-refractivity contribution in [2.24, 2.45) is 0 Å². The molecule has 0 aliphatic heterocycles. The largest absolute Gasteiger partial charge is 0.299 e. The number of hydrogen-bond acceptors (Lipinski definition) is 2. The Morgan fingerprint density at radius 1 is 1.38 bits per heavy atom. The molecule has 1 rings (SSSR count). The van der Waals surface area contributed by atoms with E-state index in [1.807, 2.05) is 31.2 Å². The molecule has 1 atom stereocenters. The smallest absolute Gasteiger partial charge is 0.246 e. The molecule has 0 saturated heterocycles. The summed E-state index contributed by atoms with van der Waals surface area (Å²) in [5.74, 6) is 0.368. The number of halogens is 1. The second-order valence-electron chi connectivity index (χ2n) is 2.61. The van der Waals surface area contributed by atoms with Crippen LogP contribution in [0.2, 0.25) is 0 Å². The van der Waals surface area contributed by atoms with Gasteiger partial charge in [0.2, 0.25) is 8.03 Å². The maximum atomic E-state index is 11.4. The van der Waals surface area contributed by atoms with Crippen LogP contribution in [0.25, 0.3) is 0 Å². The minimum absolute atomic E-state index is 0.324. The van der Waals surface area contributed by atoms with E-state index in [1.54, 1.807) is 0 Å². The van der Waals surface area contributed by atoms with Crippen LogP contribution in [0.1, 0.15) is 5.56 Å². The number of aryl methyl sites for hydroxylation is 1. The standard InChI is InChI=1S/C9H11ClO2P/c1-8-2-4-9(5-3-8)13(11)12-7-6-10/h2-5H,6-7H2,1H3. The van der Waals surface area contributed by atoms with Crippen LogP contribution in [-0.2, 0) is 9.09 Å². The second kappa shape index (κ2) is 5.33. The molecule has 0 N–H and O–H groups in total. The van der Waals surface area contributed by atoms with Gasteiger partial charge in [-0.15, -0.1) is 11.6 Å². The zero-order chi connectivity index (χ0) is 9.68. The lowest BCUT2D eigenvalue weighted by Gasteiger charge is -2.00. The Morgan fingerprint density at radius 2 is 2.00 bits per heavy atom. The quantitative estimate of drug-likeness (QED) is 0.573. The summed E-state index contributed by atoms with van der Waals surface area (Å²) < 4.78 is 16.4. The van der Waals surface area contributed by atoms with Crippen molar-refractivity contribution in [1.29, 1.82) is 0 Å². The van der Waals surface area contributed by atoms with E-state index < -0.39 is 8.03 Å². The first-order valence-electron chi connectivity index (χ1n) is 3.97. The third kappa shape index (κ3) is 3.43. The molecule has 1 radical (unpaired) electrons. The highest BCUT2D eigenvalue weighted by molar-refractivity contribution is 7.48. The molecule has 0 aromatic heterocycles. The molecule has 0 heterocycles. The van der Waals surface area contributed by atoms with Gasteiger partial charge in [0.15, 0.2) is 0 Å². The molecular formula is C9H11ClO2P. The molecule has 1 aromatic carbocycles. The average Bonchev–Trinajstić information content (AvgIpc) is 2.15. The van der Waals surface area contributed by atoms with Gasteiger partial charge in [-0.3, -0.25) is 9.09 Å². The molecule has 4 heteroatoms. The molecule has 0 spiro atoms. The van der Waals surface area contributed by atoms with Crippen molar-refractivity contribution >= 4 is 24.9 Å². The molecule has 0 aliphatic carbocycles. The summed E-state index contributed by atoms with van der Waals surface area (Å²) in [5, 5.41) is 0.714. The lowest BCUT2D eigenvalue weighted by atomic mass is 10.2. The van der Waals surface area contributed by atoms with Crippen molar-refractivity contribution in [2.45, 2.75) is 6.92 Å². The zero-order valence-electron chi connectivity index (χ0n) is 7.37. The summed E-state index contributed by atoms with van der Waals surface area (Å²) >= 11 is 5.40. The second-order valence-corrected chi connectivity index (χ2v) is 4.28. The van der Waals surface area contributed by atoms with Crippen molar-refractivity contribution < 1.29 is 9.09 Å². The van der Waals surface area contributed by atoms with Crippen molar-refractivity contribution in [1.82, 2.24) is 0 Å². The van der Waals surface area contributed by atoms with E-state index in [2.05, 4.69) is 0 Å². The predicted molar refractivity (Wildman–Crippen MR) is 55.1 cm³/mol. The minimum Gasteiger partial charge on any atom is -0.299 e. The summed E-state index contributed by atoms with van der Waals surface area (Å²) in [6, 6.07) is 7.43. The van der Waals surface area contributed by atoms with Gasteiger partial charge in [0.05, 0.1) is 11.9 Å². The summed E-state index contributed by atoms with van der Waals surface area (Å²) in [4.78, 5) is 0. The van der Waals surface area contributed by atoms with Crippen molar-refractivity contribution in [3.05, 3.63) is 29.8 Å².